The Hall–Kier alpha value is -2.56. The molecule has 1 atom stereocenters. The van der Waals surface area contributed by atoms with Crippen molar-refractivity contribution in [2.24, 2.45) is 5.92 Å². The Balaban J connectivity index is 1.47. The molecule has 2 aromatic heterocycles. The maximum Gasteiger partial charge on any atom is 0.252 e. The number of piperidine rings is 1. The van der Waals surface area contributed by atoms with Crippen molar-refractivity contribution >= 4 is 33.0 Å². The maximum atomic E-state index is 13.1. The van der Waals surface area contributed by atoms with Gasteiger partial charge in [0, 0.05) is 36.6 Å². The fourth-order valence-electron chi connectivity index (χ4n) is 3.37. The van der Waals surface area contributed by atoms with Crippen molar-refractivity contribution in [3.05, 3.63) is 47.2 Å². The highest BCUT2D eigenvalue weighted by Gasteiger charge is 2.34. The monoisotopic (exact) mass is 446 g/mol. The number of amides is 1. The predicted molar refractivity (Wildman–Crippen MR) is 114 cm³/mol. The molecule has 0 unspecified atom stereocenters. The van der Waals surface area contributed by atoms with Crippen molar-refractivity contribution in [1.82, 2.24) is 14.4 Å². The summed E-state index contributed by atoms with van der Waals surface area (Å²) in [6.45, 7) is 4.21. The van der Waals surface area contributed by atoms with E-state index in [2.05, 4.69) is 15.5 Å². The molecule has 1 N–H and O–H groups in total. The van der Waals surface area contributed by atoms with E-state index in [1.54, 1.807) is 18.4 Å². The lowest BCUT2D eigenvalue weighted by Crippen LogP contribution is -2.43. The Bertz CT molecular complexity index is 1150. The molecule has 0 bridgehead atoms. The van der Waals surface area contributed by atoms with Crippen molar-refractivity contribution in [1.29, 1.82) is 0 Å². The predicted octanol–water partition coefficient (Wildman–Crippen LogP) is 3.45. The van der Waals surface area contributed by atoms with Gasteiger partial charge in [-0.3, -0.25) is 4.79 Å². The van der Waals surface area contributed by atoms with E-state index in [1.807, 2.05) is 31.2 Å². The topological polar surface area (TPSA) is 105 Å². The molecule has 1 aliphatic heterocycles. The van der Waals surface area contributed by atoms with Gasteiger partial charge in [-0.2, -0.15) is 9.29 Å². The van der Waals surface area contributed by atoms with Crippen molar-refractivity contribution in [2.75, 3.05) is 18.4 Å². The third-order valence-electron chi connectivity index (χ3n) is 5.03. The van der Waals surface area contributed by atoms with Crippen molar-refractivity contribution in [2.45, 2.75) is 30.9 Å². The number of aryl methyl sites for hydroxylation is 2. The molecule has 0 spiro atoms. The normalized spacial score (nSPS) is 17.7. The Morgan fingerprint density at radius 3 is 2.73 bits per heavy atom. The van der Waals surface area contributed by atoms with E-state index in [0.717, 1.165) is 16.9 Å². The number of carbonyl (C=O) groups excluding carboxylic acids is 1. The second-order valence-electron chi connectivity index (χ2n) is 7.35. The fraction of sp³-hybridized carbons (Fsp3) is 0.350. The van der Waals surface area contributed by atoms with Crippen LogP contribution < -0.4 is 5.32 Å². The number of anilines is 1. The van der Waals surface area contributed by atoms with E-state index in [4.69, 9.17) is 4.52 Å². The van der Waals surface area contributed by atoms with Gasteiger partial charge in [0.25, 0.3) is 10.0 Å². The van der Waals surface area contributed by atoms with Gasteiger partial charge in [0.1, 0.15) is 4.21 Å². The molecular weight excluding hydrogens is 424 g/mol. The summed E-state index contributed by atoms with van der Waals surface area (Å²) in [4.78, 5) is 16.8. The average Bonchev–Trinajstić information content (AvgIpc) is 3.39. The van der Waals surface area contributed by atoms with Crippen LogP contribution in [0.15, 0.2) is 44.4 Å². The highest BCUT2D eigenvalue weighted by Crippen LogP contribution is 2.31. The molecule has 30 heavy (non-hydrogen) atoms. The van der Waals surface area contributed by atoms with Crippen molar-refractivity contribution < 1.29 is 17.7 Å². The van der Waals surface area contributed by atoms with Crippen LogP contribution in [-0.2, 0) is 14.8 Å². The minimum Gasteiger partial charge on any atom is -0.339 e. The van der Waals surface area contributed by atoms with Crippen LogP contribution in [0.3, 0.4) is 0 Å². The van der Waals surface area contributed by atoms with Crippen LogP contribution in [0.1, 0.15) is 24.3 Å². The lowest BCUT2D eigenvalue weighted by Gasteiger charge is -2.30. The molecular formula is C20H22N4O4S2. The van der Waals surface area contributed by atoms with Crippen molar-refractivity contribution in [3.8, 4) is 11.4 Å². The fourth-order valence-corrected chi connectivity index (χ4v) is 6.20. The van der Waals surface area contributed by atoms with Crippen LogP contribution in [0, 0.1) is 19.8 Å². The molecule has 8 nitrogen and oxygen atoms in total. The van der Waals surface area contributed by atoms with Gasteiger partial charge in [0.2, 0.25) is 17.6 Å². The number of benzene rings is 1. The first-order chi connectivity index (χ1) is 14.3. The molecule has 158 valence electrons. The number of rotatable bonds is 5. The van der Waals surface area contributed by atoms with E-state index in [9.17, 15) is 13.2 Å². The number of thiophene rings is 1. The number of nitrogens with one attached hydrogen (secondary N) is 1. The quantitative estimate of drug-likeness (QED) is 0.643. The Labute approximate surface area is 179 Å². The summed E-state index contributed by atoms with van der Waals surface area (Å²) in [5.41, 5.74) is 2.42. The van der Waals surface area contributed by atoms with E-state index in [-0.39, 0.29) is 16.7 Å². The van der Waals surface area contributed by atoms with Crippen molar-refractivity contribution in [3.63, 3.8) is 0 Å². The second kappa shape index (κ2) is 8.29. The molecule has 4 rings (SSSR count). The molecule has 3 aromatic rings. The number of carbonyl (C=O) groups is 1. The zero-order valence-electron chi connectivity index (χ0n) is 16.7. The van der Waals surface area contributed by atoms with Gasteiger partial charge >= 0.3 is 0 Å². The zero-order valence-corrected chi connectivity index (χ0v) is 18.3. The lowest BCUT2D eigenvalue weighted by atomic mass is 9.98. The van der Waals surface area contributed by atoms with Crippen LogP contribution in [0.25, 0.3) is 11.4 Å². The highest BCUT2D eigenvalue weighted by atomic mass is 32.2. The van der Waals surface area contributed by atoms with Crippen LogP contribution in [-0.4, -0.2) is 41.9 Å². The summed E-state index contributed by atoms with van der Waals surface area (Å²) >= 11 is 1.12. The standard InChI is InChI=1S/C20H22N4O4S2/c1-13-5-7-17(8-6-13)22-20(25)15-4-3-9-24(11-15)30(26,27)18-10-16(12-29-18)19-21-14(2)28-23-19/h5-8,10,12,15H,3-4,9,11H2,1-2H3,(H,22,25)/t15-/m0/s1. The smallest absolute Gasteiger partial charge is 0.252 e. The molecule has 3 heterocycles. The number of nitrogens with zero attached hydrogens (tertiary/aromatic N) is 3. The van der Waals surface area contributed by atoms with Crippen LogP contribution in [0.4, 0.5) is 5.69 Å². The highest BCUT2D eigenvalue weighted by molar-refractivity contribution is 7.91. The lowest BCUT2D eigenvalue weighted by molar-refractivity contribution is -0.120. The summed E-state index contributed by atoms with van der Waals surface area (Å²) in [5, 5.41) is 8.42. The van der Waals surface area contributed by atoms with Crippen LogP contribution in [0.2, 0.25) is 0 Å². The van der Waals surface area contributed by atoms with Gasteiger partial charge in [-0.05, 0) is 38.0 Å². The average molecular weight is 447 g/mol. The Kier molecular flexibility index (Phi) is 5.72. The summed E-state index contributed by atoms with van der Waals surface area (Å²) < 4.78 is 32.9. The summed E-state index contributed by atoms with van der Waals surface area (Å²) in [5.74, 6) is 0.222. The van der Waals surface area contributed by atoms with E-state index in [0.29, 0.717) is 42.4 Å². The second-order valence-corrected chi connectivity index (χ2v) is 10.4. The summed E-state index contributed by atoms with van der Waals surface area (Å²) in [6.07, 6.45) is 1.29. The first-order valence-corrected chi connectivity index (χ1v) is 11.9. The van der Waals surface area contributed by atoms with Crippen LogP contribution in [0.5, 0.6) is 0 Å². The van der Waals surface area contributed by atoms with E-state index >= 15 is 0 Å². The largest absolute Gasteiger partial charge is 0.339 e. The first-order valence-electron chi connectivity index (χ1n) is 9.60. The number of sulfonamides is 1. The Morgan fingerprint density at radius 1 is 1.27 bits per heavy atom. The van der Waals surface area contributed by atoms with Gasteiger partial charge in [-0.25, -0.2) is 8.42 Å². The van der Waals surface area contributed by atoms with E-state index in [1.165, 1.54) is 4.31 Å². The van der Waals surface area contributed by atoms with Gasteiger partial charge in [-0.1, -0.05) is 22.9 Å². The molecule has 10 heteroatoms. The first kappa shape index (κ1) is 20.7. The van der Waals surface area contributed by atoms with Gasteiger partial charge < -0.3 is 9.84 Å². The third kappa shape index (κ3) is 4.30. The maximum absolute atomic E-state index is 13.1. The Morgan fingerprint density at radius 2 is 2.03 bits per heavy atom. The molecule has 1 aromatic carbocycles. The van der Waals surface area contributed by atoms with Gasteiger partial charge in [0.05, 0.1) is 5.92 Å². The number of hydrogen-bond donors (Lipinski definition) is 1. The van der Waals surface area contributed by atoms with Crippen LogP contribution >= 0.6 is 11.3 Å². The molecule has 1 saturated heterocycles. The minimum atomic E-state index is -3.70. The number of hydrogen-bond acceptors (Lipinski definition) is 7. The molecule has 1 amide bonds. The van der Waals surface area contributed by atoms with Gasteiger partial charge in [0.15, 0.2) is 0 Å². The molecule has 0 saturated carbocycles. The molecule has 1 aliphatic rings. The van der Waals surface area contributed by atoms with E-state index < -0.39 is 15.9 Å². The SMILES string of the molecule is Cc1ccc(NC(=O)[C@H]2CCCN(S(=O)(=O)c3cc(-c4noc(C)n4)cs3)C2)cc1. The number of aromatic nitrogens is 2. The summed E-state index contributed by atoms with van der Waals surface area (Å²) in [7, 11) is -3.70. The third-order valence-corrected chi connectivity index (χ3v) is 8.31. The summed E-state index contributed by atoms with van der Waals surface area (Å²) in [6, 6.07) is 9.09. The van der Waals surface area contributed by atoms with Gasteiger partial charge in [-0.15, -0.1) is 11.3 Å². The minimum absolute atomic E-state index is 0.159. The zero-order chi connectivity index (χ0) is 21.3. The molecule has 0 aliphatic carbocycles. The molecule has 0 radical (unpaired) electrons. The molecule has 1 fully saturated rings.